The van der Waals surface area contributed by atoms with Crippen molar-refractivity contribution in [3.05, 3.63) is 102 Å². The monoisotopic (exact) mass is 470 g/mol. The molecule has 0 aliphatic carbocycles. The lowest BCUT2D eigenvalue weighted by molar-refractivity contribution is -0.0671. The Morgan fingerprint density at radius 3 is 1.60 bits per heavy atom. The van der Waals surface area contributed by atoms with Crippen LogP contribution in [0, 0.1) is 5.41 Å². The van der Waals surface area contributed by atoms with Crippen molar-refractivity contribution in [1.29, 1.82) is 0 Å². The van der Waals surface area contributed by atoms with Crippen LogP contribution in [0.15, 0.2) is 84.9 Å². The van der Waals surface area contributed by atoms with Gasteiger partial charge in [0.2, 0.25) is 0 Å². The molecule has 3 aromatic carbocycles. The minimum atomic E-state index is -0.924. The Kier molecular flexibility index (Phi) is 7.67. The Morgan fingerprint density at radius 2 is 1.20 bits per heavy atom. The van der Waals surface area contributed by atoms with Crippen molar-refractivity contribution < 1.29 is 19.7 Å². The second kappa shape index (κ2) is 10.2. The number of methoxy groups -OCH3 is 1. The Bertz CT molecular complexity index is 846. The van der Waals surface area contributed by atoms with Crippen molar-refractivity contribution in [2.24, 2.45) is 5.41 Å². The van der Waals surface area contributed by atoms with Crippen LogP contribution in [-0.2, 0) is 10.3 Å². The molecule has 0 amide bonds. The summed E-state index contributed by atoms with van der Waals surface area (Å²) in [6, 6.07) is 27.8. The van der Waals surface area contributed by atoms with Gasteiger partial charge in [0, 0.05) is 10.7 Å². The molecule has 3 rings (SSSR count). The molecule has 0 aromatic heterocycles. The molecule has 4 nitrogen and oxygen atoms in total. The van der Waals surface area contributed by atoms with Gasteiger partial charge < -0.3 is 19.7 Å². The highest BCUT2D eigenvalue weighted by Crippen LogP contribution is 2.42. The standard InChI is InChI=1S/C25H27BrO4/c1-29-23-14-12-22(13-15-23)25(20-8-4-2-5-9-20,21-10-6-3-7-11-21)30-19-24(16-26,17-27)18-28/h2-15,27-28H,16-19H2,1H3. The molecule has 0 aliphatic rings. The molecule has 0 heterocycles. The number of halogens is 1. The predicted molar refractivity (Wildman–Crippen MR) is 122 cm³/mol. The molecule has 0 saturated carbocycles. The molecular formula is C25H27BrO4. The van der Waals surface area contributed by atoms with Crippen molar-refractivity contribution in [3.63, 3.8) is 0 Å². The molecule has 30 heavy (non-hydrogen) atoms. The van der Waals surface area contributed by atoms with E-state index in [0.717, 1.165) is 22.4 Å². The van der Waals surface area contributed by atoms with Gasteiger partial charge in [0.25, 0.3) is 0 Å². The number of aliphatic hydroxyl groups excluding tert-OH is 2. The smallest absolute Gasteiger partial charge is 0.143 e. The van der Waals surface area contributed by atoms with Crippen LogP contribution in [0.5, 0.6) is 5.75 Å². The fraction of sp³-hybridized carbons (Fsp3) is 0.280. The summed E-state index contributed by atoms with van der Waals surface area (Å²) in [4.78, 5) is 0. The molecule has 0 saturated heterocycles. The van der Waals surface area contributed by atoms with Gasteiger partial charge in [-0.15, -0.1) is 0 Å². The second-order valence-electron chi connectivity index (χ2n) is 7.38. The van der Waals surface area contributed by atoms with Crippen LogP contribution in [-0.4, -0.2) is 42.5 Å². The number of hydrogen-bond donors (Lipinski definition) is 2. The quantitative estimate of drug-likeness (QED) is 0.341. The molecule has 3 aromatic rings. The third-order valence-corrected chi connectivity index (χ3v) is 6.60. The van der Waals surface area contributed by atoms with Gasteiger partial charge in [-0.25, -0.2) is 0 Å². The number of ether oxygens (including phenoxy) is 2. The number of hydrogen-bond acceptors (Lipinski definition) is 4. The van der Waals surface area contributed by atoms with Gasteiger partial charge in [0.15, 0.2) is 0 Å². The van der Waals surface area contributed by atoms with Crippen LogP contribution in [0.4, 0.5) is 0 Å². The van der Waals surface area contributed by atoms with Crippen LogP contribution in [0.3, 0.4) is 0 Å². The van der Waals surface area contributed by atoms with Crippen molar-refractivity contribution in [3.8, 4) is 5.75 Å². The highest BCUT2D eigenvalue weighted by atomic mass is 79.9. The Hall–Kier alpha value is -2.18. The molecule has 0 atom stereocenters. The molecule has 0 fully saturated rings. The maximum absolute atomic E-state index is 9.97. The lowest BCUT2D eigenvalue weighted by atomic mass is 9.79. The van der Waals surface area contributed by atoms with Gasteiger partial charge in [-0.3, -0.25) is 0 Å². The number of aliphatic hydroxyl groups is 2. The largest absolute Gasteiger partial charge is 0.497 e. The van der Waals surface area contributed by atoms with Gasteiger partial charge in [0.05, 0.1) is 26.9 Å². The first-order valence-electron chi connectivity index (χ1n) is 9.81. The van der Waals surface area contributed by atoms with E-state index >= 15 is 0 Å². The Balaban J connectivity index is 2.21. The molecule has 0 spiro atoms. The molecule has 5 heteroatoms. The summed E-state index contributed by atoms with van der Waals surface area (Å²) in [5, 5.41) is 20.3. The molecule has 158 valence electrons. The minimum Gasteiger partial charge on any atom is -0.497 e. The van der Waals surface area contributed by atoms with Crippen molar-refractivity contribution in [2.45, 2.75) is 5.60 Å². The van der Waals surface area contributed by atoms with Crippen LogP contribution >= 0.6 is 15.9 Å². The van der Waals surface area contributed by atoms with Gasteiger partial charge >= 0.3 is 0 Å². The van der Waals surface area contributed by atoms with E-state index in [1.807, 2.05) is 84.9 Å². The van der Waals surface area contributed by atoms with Gasteiger partial charge in [-0.1, -0.05) is 88.7 Å². The Morgan fingerprint density at radius 1 is 0.733 bits per heavy atom. The summed E-state index contributed by atoms with van der Waals surface area (Å²) >= 11 is 3.43. The van der Waals surface area contributed by atoms with E-state index in [0.29, 0.717) is 5.33 Å². The minimum absolute atomic E-state index is 0.154. The average molecular weight is 471 g/mol. The molecule has 0 aliphatic heterocycles. The SMILES string of the molecule is COc1ccc(C(OCC(CO)(CO)CBr)(c2ccccc2)c2ccccc2)cc1. The van der Waals surface area contributed by atoms with Crippen LogP contribution < -0.4 is 4.74 Å². The normalized spacial score (nSPS) is 12.0. The van der Waals surface area contributed by atoms with Crippen molar-refractivity contribution in [2.75, 3.05) is 32.3 Å². The molecule has 0 bridgehead atoms. The van der Waals surface area contributed by atoms with E-state index in [-0.39, 0.29) is 19.8 Å². The van der Waals surface area contributed by atoms with Crippen molar-refractivity contribution >= 4 is 15.9 Å². The lowest BCUT2D eigenvalue weighted by Crippen LogP contribution is -2.42. The van der Waals surface area contributed by atoms with E-state index < -0.39 is 11.0 Å². The van der Waals surface area contributed by atoms with E-state index in [1.165, 1.54) is 0 Å². The topological polar surface area (TPSA) is 58.9 Å². The van der Waals surface area contributed by atoms with E-state index in [9.17, 15) is 10.2 Å². The fourth-order valence-corrected chi connectivity index (χ4v) is 3.96. The Labute approximate surface area is 186 Å². The zero-order valence-electron chi connectivity index (χ0n) is 17.0. The zero-order valence-corrected chi connectivity index (χ0v) is 18.6. The first-order chi connectivity index (χ1) is 14.6. The first-order valence-corrected chi connectivity index (χ1v) is 10.9. The summed E-state index contributed by atoms with van der Waals surface area (Å²) in [7, 11) is 1.64. The van der Waals surface area contributed by atoms with E-state index in [4.69, 9.17) is 9.47 Å². The highest BCUT2D eigenvalue weighted by Gasteiger charge is 2.40. The third-order valence-electron chi connectivity index (χ3n) is 5.41. The van der Waals surface area contributed by atoms with Crippen LogP contribution in [0.2, 0.25) is 0 Å². The third kappa shape index (κ3) is 4.44. The number of alkyl halides is 1. The predicted octanol–water partition coefficient (Wildman–Crippen LogP) is 4.37. The van der Waals surface area contributed by atoms with Crippen LogP contribution in [0.25, 0.3) is 0 Å². The lowest BCUT2D eigenvalue weighted by Gasteiger charge is -2.39. The molecule has 2 N–H and O–H groups in total. The van der Waals surface area contributed by atoms with Crippen LogP contribution in [0.1, 0.15) is 16.7 Å². The summed E-state index contributed by atoms with van der Waals surface area (Å²) < 4.78 is 12.1. The van der Waals surface area contributed by atoms with Gasteiger partial charge in [-0.05, 0) is 28.8 Å². The van der Waals surface area contributed by atoms with E-state index in [2.05, 4.69) is 15.9 Å². The first kappa shape index (κ1) is 22.5. The second-order valence-corrected chi connectivity index (χ2v) is 7.94. The molecule has 0 unspecified atom stereocenters. The fourth-order valence-electron chi connectivity index (χ4n) is 3.45. The van der Waals surface area contributed by atoms with Gasteiger partial charge in [-0.2, -0.15) is 0 Å². The number of rotatable bonds is 10. The van der Waals surface area contributed by atoms with Crippen molar-refractivity contribution in [1.82, 2.24) is 0 Å². The maximum atomic E-state index is 9.97. The average Bonchev–Trinajstić information content (AvgIpc) is 2.84. The molecule has 0 radical (unpaired) electrons. The van der Waals surface area contributed by atoms with Gasteiger partial charge in [0.1, 0.15) is 11.4 Å². The summed E-state index contributed by atoms with van der Waals surface area (Å²) in [6.07, 6.45) is 0. The highest BCUT2D eigenvalue weighted by molar-refractivity contribution is 9.09. The molecular weight excluding hydrogens is 444 g/mol. The zero-order chi connectivity index (χ0) is 21.5. The maximum Gasteiger partial charge on any atom is 0.143 e. The summed E-state index contributed by atoms with van der Waals surface area (Å²) in [6.45, 7) is -0.241. The summed E-state index contributed by atoms with van der Waals surface area (Å²) in [5.74, 6) is 0.759. The van der Waals surface area contributed by atoms with E-state index in [1.54, 1.807) is 7.11 Å². The summed E-state index contributed by atoms with van der Waals surface area (Å²) in [5.41, 5.74) is 1.12. The number of benzene rings is 3.